The maximum atomic E-state index is 4.02. The van der Waals surface area contributed by atoms with Gasteiger partial charge in [-0.3, -0.25) is 0 Å². The van der Waals surface area contributed by atoms with Gasteiger partial charge in [0.2, 0.25) is 0 Å². The van der Waals surface area contributed by atoms with Gasteiger partial charge in [0.1, 0.15) is 0 Å². The molecule has 1 fully saturated rings. The van der Waals surface area contributed by atoms with Crippen LogP contribution >= 0.6 is 0 Å². The summed E-state index contributed by atoms with van der Waals surface area (Å²) in [7, 11) is 0. The Morgan fingerprint density at radius 2 is 1.75 bits per heavy atom. The smallest absolute Gasteiger partial charge is 0.0325 e. The molecule has 1 heteroatoms. The summed E-state index contributed by atoms with van der Waals surface area (Å²) in [6.45, 7) is 7.27. The van der Waals surface area contributed by atoms with Crippen molar-refractivity contribution in [1.29, 1.82) is 0 Å². The first kappa shape index (κ1) is 14.1. The Bertz CT molecular complexity index is 463. The summed E-state index contributed by atoms with van der Waals surface area (Å²) in [5.74, 6) is 0.726. The fraction of sp³-hybridized carbons (Fsp3) is 0.684. The van der Waals surface area contributed by atoms with E-state index >= 15 is 0 Å². The van der Waals surface area contributed by atoms with Gasteiger partial charge in [-0.25, -0.2) is 0 Å². The molecule has 0 aliphatic heterocycles. The second-order valence-corrected chi connectivity index (χ2v) is 7.61. The first-order valence-corrected chi connectivity index (χ1v) is 8.43. The zero-order chi connectivity index (χ0) is 14.2. The molecule has 0 heterocycles. The molecular weight excluding hydrogens is 242 g/mol. The SMILES string of the molecule is CC1CCC(NC2CCCCC2(C)C)c2ccccc21. The zero-order valence-corrected chi connectivity index (χ0v) is 13.3. The van der Waals surface area contributed by atoms with Gasteiger partial charge in [-0.1, -0.05) is 57.9 Å². The highest BCUT2D eigenvalue weighted by atomic mass is 15.0. The standard InChI is InChI=1S/C19H29N/c1-14-11-12-17(16-9-5-4-8-15(14)16)20-18-10-6-7-13-19(18,2)3/h4-5,8-9,14,17-18,20H,6-7,10-13H2,1-3H3. The van der Waals surface area contributed by atoms with Gasteiger partial charge in [-0.15, -0.1) is 0 Å². The lowest BCUT2D eigenvalue weighted by Crippen LogP contribution is -2.46. The molecule has 0 spiro atoms. The van der Waals surface area contributed by atoms with Crippen LogP contribution in [-0.4, -0.2) is 6.04 Å². The first-order chi connectivity index (χ1) is 9.58. The molecule has 0 radical (unpaired) electrons. The minimum Gasteiger partial charge on any atom is -0.307 e. The van der Waals surface area contributed by atoms with Crippen molar-refractivity contribution < 1.29 is 0 Å². The second-order valence-electron chi connectivity index (χ2n) is 7.61. The van der Waals surface area contributed by atoms with Crippen LogP contribution in [0.2, 0.25) is 0 Å². The molecule has 20 heavy (non-hydrogen) atoms. The molecule has 1 aromatic carbocycles. The lowest BCUT2D eigenvalue weighted by atomic mass is 9.72. The fourth-order valence-corrected chi connectivity index (χ4v) is 4.22. The normalized spacial score (nSPS) is 32.6. The molecule has 1 N–H and O–H groups in total. The van der Waals surface area contributed by atoms with Crippen LogP contribution < -0.4 is 5.32 Å². The first-order valence-electron chi connectivity index (χ1n) is 8.43. The molecule has 110 valence electrons. The Hall–Kier alpha value is -0.820. The van der Waals surface area contributed by atoms with Crippen molar-refractivity contribution in [3.8, 4) is 0 Å². The van der Waals surface area contributed by atoms with Crippen LogP contribution in [-0.2, 0) is 0 Å². The minimum atomic E-state index is 0.455. The summed E-state index contributed by atoms with van der Waals surface area (Å²) in [6, 6.07) is 10.3. The van der Waals surface area contributed by atoms with Crippen molar-refractivity contribution in [3.63, 3.8) is 0 Å². The Morgan fingerprint density at radius 1 is 1.00 bits per heavy atom. The van der Waals surface area contributed by atoms with E-state index in [2.05, 4.69) is 50.4 Å². The summed E-state index contributed by atoms with van der Waals surface area (Å²) < 4.78 is 0. The van der Waals surface area contributed by atoms with E-state index in [0.717, 1.165) is 5.92 Å². The number of fused-ring (bicyclic) bond motifs is 1. The molecule has 2 aliphatic rings. The van der Waals surface area contributed by atoms with Crippen molar-refractivity contribution >= 4 is 0 Å². The highest BCUT2D eigenvalue weighted by molar-refractivity contribution is 5.35. The third kappa shape index (κ3) is 2.65. The molecule has 1 saturated carbocycles. The molecule has 0 aromatic heterocycles. The molecule has 1 nitrogen and oxygen atoms in total. The second kappa shape index (κ2) is 5.52. The molecule has 2 aliphatic carbocycles. The van der Waals surface area contributed by atoms with Gasteiger partial charge in [-0.05, 0) is 48.1 Å². The van der Waals surface area contributed by atoms with Crippen LogP contribution in [0.1, 0.15) is 82.4 Å². The molecule has 3 rings (SSSR count). The van der Waals surface area contributed by atoms with Crippen molar-refractivity contribution in [2.75, 3.05) is 0 Å². The van der Waals surface area contributed by atoms with Crippen molar-refractivity contribution in [1.82, 2.24) is 5.32 Å². The van der Waals surface area contributed by atoms with Crippen LogP contribution in [0, 0.1) is 5.41 Å². The highest BCUT2D eigenvalue weighted by Gasteiger charge is 2.35. The van der Waals surface area contributed by atoms with Crippen molar-refractivity contribution in [3.05, 3.63) is 35.4 Å². The third-order valence-electron chi connectivity index (χ3n) is 5.70. The summed E-state index contributed by atoms with van der Waals surface area (Å²) in [4.78, 5) is 0. The summed E-state index contributed by atoms with van der Waals surface area (Å²) in [5.41, 5.74) is 3.59. The van der Waals surface area contributed by atoms with Crippen LogP contribution in [0.25, 0.3) is 0 Å². The van der Waals surface area contributed by atoms with E-state index < -0.39 is 0 Å². The number of nitrogens with one attached hydrogen (secondary N) is 1. The molecule has 0 amide bonds. The average Bonchev–Trinajstić information content (AvgIpc) is 2.44. The maximum Gasteiger partial charge on any atom is 0.0325 e. The summed E-state index contributed by atoms with van der Waals surface area (Å²) >= 11 is 0. The van der Waals surface area contributed by atoms with Crippen molar-refractivity contribution in [2.45, 2.75) is 77.3 Å². The number of hydrogen-bond acceptors (Lipinski definition) is 1. The minimum absolute atomic E-state index is 0.455. The third-order valence-corrected chi connectivity index (χ3v) is 5.70. The van der Waals surface area contributed by atoms with E-state index in [0.29, 0.717) is 17.5 Å². The number of benzene rings is 1. The predicted octanol–water partition coefficient (Wildman–Crippen LogP) is 5.18. The van der Waals surface area contributed by atoms with Gasteiger partial charge in [0.05, 0.1) is 0 Å². The predicted molar refractivity (Wildman–Crippen MR) is 86.0 cm³/mol. The summed E-state index contributed by atoms with van der Waals surface area (Å²) in [6.07, 6.45) is 8.14. The fourth-order valence-electron chi connectivity index (χ4n) is 4.22. The van der Waals surface area contributed by atoms with Gasteiger partial charge in [0.15, 0.2) is 0 Å². The van der Waals surface area contributed by atoms with E-state index in [4.69, 9.17) is 0 Å². The van der Waals surface area contributed by atoms with Gasteiger partial charge < -0.3 is 5.32 Å². The maximum absolute atomic E-state index is 4.02. The molecule has 3 atom stereocenters. The lowest BCUT2D eigenvalue weighted by molar-refractivity contribution is 0.150. The summed E-state index contributed by atoms with van der Waals surface area (Å²) in [5, 5.41) is 4.02. The number of hydrogen-bond donors (Lipinski definition) is 1. The molecule has 0 saturated heterocycles. The van der Waals surface area contributed by atoms with Gasteiger partial charge in [0.25, 0.3) is 0 Å². The lowest BCUT2D eigenvalue weighted by Gasteiger charge is -2.43. The van der Waals surface area contributed by atoms with Crippen LogP contribution in [0.5, 0.6) is 0 Å². The molecule has 1 aromatic rings. The average molecular weight is 271 g/mol. The van der Waals surface area contributed by atoms with E-state index in [1.54, 1.807) is 11.1 Å². The zero-order valence-electron chi connectivity index (χ0n) is 13.3. The Balaban J connectivity index is 1.80. The molecular formula is C19H29N. The van der Waals surface area contributed by atoms with E-state index in [-0.39, 0.29) is 0 Å². The molecule has 0 bridgehead atoms. The monoisotopic (exact) mass is 271 g/mol. The van der Waals surface area contributed by atoms with Crippen LogP contribution in [0.4, 0.5) is 0 Å². The number of rotatable bonds is 2. The largest absolute Gasteiger partial charge is 0.307 e. The van der Waals surface area contributed by atoms with Gasteiger partial charge >= 0.3 is 0 Å². The van der Waals surface area contributed by atoms with Crippen molar-refractivity contribution in [2.24, 2.45) is 5.41 Å². The van der Waals surface area contributed by atoms with Gasteiger partial charge in [0, 0.05) is 12.1 Å². The van der Waals surface area contributed by atoms with E-state index in [1.807, 2.05) is 0 Å². The van der Waals surface area contributed by atoms with Crippen LogP contribution in [0.3, 0.4) is 0 Å². The Morgan fingerprint density at radius 3 is 2.50 bits per heavy atom. The molecule has 3 unspecified atom stereocenters. The Kier molecular flexibility index (Phi) is 3.90. The highest BCUT2D eigenvalue weighted by Crippen LogP contribution is 2.41. The quantitative estimate of drug-likeness (QED) is 0.781. The van der Waals surface area contributed by atoms with Crippen LogP contribution in [0.15, 0.2) is 24.3 Å². The Labute approximate surface area is 124 Å². The van der Waals surface area contributed by atoms with E-state index in [1.165, 1.54) is 38.5 Å². The topological polar surface area (TPSA) is 12.0 Å². The van der Waals surface area contributed by atoms with E-state index in [9.17, 15) is 0 Å². The van der Waals surface area contributed by atoms with Gasteiger partial charge in [-0.2, -0.15) is 0 Å².